The minimum atomic E-state index is -0.449. The molecule has 1 N–H and O–H groups in total. The van der Waals surface area contributed by atoms with E-state index in [2.05, 4.69) is 42.6 Å². The van der Waals surface area contributed by atoms with Crippen molar-refractivity contribution in [3.63, 3.8) is 0 Å². The summed E-state index contributed by atoms with van der Waals surface area (Å²) in [4.78, 5) is 1.21. The first-order valence-corrected chi connectivity index (χ1v) is 5.88. The van der Waals surface area contributed by atoms with E-state index < -0.39 is 5.54 Å². The summed E-state index contributed by atoms with van der Waals surface area (Å²) in [6.07, 6.45) is 0. The monoisotopic (exact) mass is 220 g/mol. The van der Waals surface area contributed by atoms with E-state index in [1.807, 2.05) is 14.0 Å². The van der Waals surface area contributed by atoms with Crippen molar-refractivity contribution in [2.75, 3.05) is 12.8 Å². The van der Waals surface area contributed by atoms with Gasteiger partial charge >= 0.3 is 0 Å². The first-order valence-electron chi connectivity index (χ1n) is 4.89. The Morgan fingerprint density at radius 3 is 2.47 bits per heavy atom. The molecule has 0 amide bonds. The third-order valence-electron chi connectivity index (χ3n) is 2.35. The fourth-order valence-electron chi connectivity index (χ4n) is 1.02. The lowest BCUT2D eigenvalue weighted by Crippen LogP contribution is -2.40. The second kappa shape index (κ2) is 5.20. The van der Waals surface area contributed by atoms with Crippen LogP contribution in [0.5, 0.6) is 0 Å². The summed E-state index contributed by atoms with van der Waals surface area (Å²) < 4.78 is 0. The summed E-state index contributed by atoms with van der Waals surface area (Å²) in [7, 11) is 1.82. The van der Waals surface area contributed by atoms with Gasteiger partial charge in [0, 0.05) is 10.6 Å². The third-order valence-corrected chi connectivity index (χ3v) is 3.67. The van der Waals surface area contributed by atoms with E-state index in [9.17, 15) is 0 Å². The van der Waals surface area contributed by atoms with Crippen LogP contribution in [0, 0.1) is 18.3 Å². The zero-order chi connectivity index (χ0) is 11.3. The van der Waals surface area contributed by atoms with Crippen LogP contribution < -0.4 is 5.32 Å². The number of nitrogens with one attached hydrogen (secondary N) is 1. The Morgan fingerprint density at radius 1 is 1.40 bits per heavy atom. The molecule has 0 radical (unpaired) electrons. The van der Waals surface area contributed by atoms with Crippen LogP contribution in [0.4, 0.5) is 0 Å². The second-order valence-electron chi connectivity index (χ2n) is 3.80. The molecular weight excluding hydrogens is 204 g/mol. The highest BCUT2D eigenvalue weighted by atomic mass is 32.2. The SMILES string of the molecule is CNC(C)(C#N)CSc1ccc(C)cc1. The predicted octanol–water partition coefficient (Wildman–Crippen LogP) is 2.59. The number of aryl methyl sites for hydroxylation is 1. The lowest BCUT2D eigenvalue weighted by Gasteiger charge is -2.19. The normalized spacial score (nSPS) is 14.3. The van der Waals surface area contributed by atoms with Crippen LogP contribution in [0.15, 0.2) is 29.2 Å². The summed E-state index contributed by atoms with van der Waals surface area (Å²) in [5, 5.41) is 12.0. The van der Waals surface area contributed by atoms with Gasteiger partial charge in [-0.1, -0.05) is 17.7 Å². The Morgan fingerprint density at radius 2 is 2.00 bits per heavy atom. The Labute approximate surface area is 95.7 Å². The Kier molecular flexibility index (Phi) is 4.19. The molecule has 0 heterocycles. The molecule has 0 saturated carbocycles. The van der Waals surface area contributed by atoms with Gasteiger partial charge in [-0.2, -0.15) is 5.26 Å². The van der Waals surface area contributed by atoms with E-state index in [0.717, 1.165) is 5.75 Å². The van der Waals surface area contributed by atoms with E-state index in [4.69, 9.17) is 5.26 Å². The van der Waals surface area contributed by atoms with Crippen LogP contribution in [-0.4, -0.2) is 18.3 Å². The van der Waals surface area contributed by atoms with Crippen LogP contribution in [0.2, 0.25) is 0 Å². The van der Waals surface area contributed by atoms with Crippen molar-refractivity contribution in [1.82, 2.24) is 5.32 Å². The smallest absolute Gasteiger partial charge is 0.113 e. The predicted molar refractivity (Wildman–Crippen MR) is 65.0 cm³/mol. The maximum Gasteiger partial charge on any atom is 0.113 e. The molecule has 3 heteroatoms. The van der Waals surface area contributed by atoms with Gasteiger partial charge in [0.2, 0.25) is 0 Å². The number of hydrogen-bond donors (Lipinski definition) is 1. The maximum absolute atomic E-state index is 8.98. The van der Waals surface area contributed by atoms with Gasteiger partial charge in [0.25, 0.3) is 0 Å². The molecule has 0 aliphatic rings. The highest BCUT2D eigenvalue weighted by Gasteiger charge is 2.20. The fourth-order valence-corrected chi connectivity index (χ4v) is 2.02. The molecule has 1 unspecified atom stereocenters. The van der Waals surface area contributed by atoms with Gasteiger partial charge in [0.1, 0.15) is 5.54 Å². The second-order valence-corrected chi connectivity index (χ2v) is 4.84. The van der Waals surface area contributed by atoms with Gasteiger partial charge < -0.3 is 5.32 Å². The molecule has 0 aromatic heterocycles. The third kappa shape index (κ3) is 3.58. The molecule has 1 rings (SSSR count). The zero-order valence-corrected chi connectivity index (χ0v) is 10.2. The van der Waals surface area contributed by atoms with Crippen molar-refractivity contribution >= 4 is 11.8 Å². The molecule has 1 aromatic carbocycles. The molecule has 0 spiro atoms. The number of nitrogens with zero attached hydrogens (tertiary/aromatic N) is 1. The minimum absolute atomic E-state index is 0.449. The van der Waals surface area contributed by atoms with Gasteiger partial charge in [0.15, 0.2) is 0 Å². The molecule has 0 saturated heterocycles. The molecule has 0 bridgehead atoms. The molecule has 0 aliphatic carbocycles. The fraction of sp³-hybridized carbons (Fsp3) is 0.417. The summed E-state index contributed by atoms with van der Waals surface area (Å²) in [6, 6.07) is 10.6. The Balaban J connectivity index is 2.58. The van der Waals surface area contributed by atoms with Gasteiger partial charge in [0.05, 0.1) is 6.07 Å². The van der Waals surface area contributed by atoms with Gasteiger partial charge in [-0.15, -0.1) is 11.8 Å². The lowest BCUT2D eigenvalue weighted by molar-refractivity contribution is 0.550. The molecule has 0 fully saturated rings. The van der Waals surface area contributed by atoms with E-state index in [1.165, 1.54) is 10.5 Å². The molecule has 2 nitrogen and oxygen atoms in total. The maximum atomic E-state index is 8.98. The molecule has 80 valence electrons. The van der Waals surface area contributed by atoms with E-state index in [1.54, 1.807) is 11.8 Å². The summed E-state index contributed by atoms with van der Waals surface area (Å²) in [5.74, 6) is 0.753. The van der Waals surface area contributed by atoms with Crippen LogP contribution in [-0.2, 0) is 0 Å². The van der Waals surface area contributed by atoms with Crippen molar-refractivity contribution in [2.45, 2.75) is 24.3 Å². The number of rotatable bonds is 4. The van der Waals surface area contributed by atoms with Crippen LogP contribution in [0.3, 0.4) is 0 Å². The molecule has 1 atom stereocenters. The largest absolute Gasteiger partial charge is 0.302 e. The molecular formula is C12H16N2S. The first-order chi connectivity index (χ1) is 7.09. The van der Waals surface area contributed by atoms with Crippen LogP contribution >= 0.6 is 11.8 Å². The first kappa shape index (κ1) is 12.1. The van der Waals surface area contributed by atoms with Crippen molar-refractivity contribution < 1.29 is 0 Å². The topological polar surface area (TPSA) is 35.8 Å². The summed E-state index contributed by atoms with van der Waals surface area (Å²) in [5.41, 5.74) is 0.811. The number of nitriles is 1. The van der Waals surface area contributed by atoms with Crippen LogP contribution in [0.25, 0.3) is 0 Å². The molecule has 15 heavy (non-hydrogen) atoms. The average Bonchev–Trinajstić information content (AvgIpc) is 2.28. The number of benzene rings is 1. The van der Waals surface area contributed by atoms with Crippen molar-refractivity contribution in [2.24, 2.45) is 0 Å². The van der Waals surface area contributed by atoms with Crippen molar-refractivity contribution in [3.05, 3.63) is 29.8 Å². The van der Waals surface area contributed by atoms with Crippen LogP contribution in [0.1, 0.15) is 12.5 Å². The average molecular weight is 220 g/mol. The van der Waals surface area contributed by atoms with Gasteiger partial charge in [-0.25, -0.2) is 0 Å². The minimum Gasteiger partial charge on any atom is -0.302 e. The van der Waals surface area contributed by atoms with E-state index in [-0.39, 0.29) is 0 Å². The number of hydrogen-bond acceptors (Lipinski definition) is 3. The molecule has 0 aliphatic heterocycles. The standard InChI is InChI=1S/C12H16N2S/c1-10-4-6-11(7-5-10)15-9-12(2,8-13)14-3/h4-7,14H,9H2,1-3H3. The number of thioether (sulfide) groups is 1. The van der Waals surface area contributed by atoms with Crippen molar-refractivity contribution in [3.8, 4) is 6.07 Å². The highest BCUT2D eigenvalue weighted by Crippen LogP contribution is 2.22. The van der Waals surface area contributed by atoms with E-state index >= 15 is 0 Å². The molecule has 1 aromatic rings. The summed E-state index contributed by atoms with van der Waals surface area (Å²) in [6.45, 7) is 3.98. The van der Waals surface area contributed by atoms with Gasteiger partial charge in [-0.05, 0) is 33.0 Å². The Bertz CT molecular complexity index is 353. The van der Waals surface area contributed by atoms with E-state index in [0.29, 0.717) is 0 Å². The quantitative estimate of drug-likeness (QED) is 0.792. The van der Waals surface area contributed by atoms with Gasteiger partial charge in [-0.3, -0.25) is 0 Å². The Hall–Kier alpha value is -0.980. The zero-order valence-electron chi connectivity index (χ0n) is 9.37. The lowest BCUT2D eigenvalue weighted by atomic mass is 10.1. The highest BCUT2D eigenvalue weighted by molar-refractivity contribution is 7.99. The summed E-state index contributed by atoms with van der Waals surface area (Å²) >= 11 is 1.70. The van der Waals surface area contributed by atoms with Crippen molar-refractivity contribution in [1.29, 1.82) is 5.26 Å².